The van der Waals surface area contributed by atoms with Crippen molar-refractivity contribution in [2.45, 2.75) is 9.79 Å². The van der Waals surface area contributed by atoms with Crippen LogP contribution in [0.25, 0.3) is 10.8 Å². The molecule has 1 heterocycles. The molecule has 1 aliphatic rings. The van der Waals surface area contributed by atoms with Crippen molar-refractivity contribution in [2.75, 3.05) is 0 Å². The van der Waals surface area contributed by atoms with Gasteiger partial charge in [0.2, 0.25) is 0 Å². The lowest BCUT2D eigenvalue weighted by molar-refractivity contribution is -0.387. The molecule has 3 rings (SSSR count). The number of hydrogen-bond donors (Lipinski definition) is 0. The zero-order valence-corrected chi connectivity index (χ0v) is 9.10. The second kappa shape index (κ2) is 3.15. The predicted molar refractivity (Wildman–Crippen MR) is 62.3 cm³/mol. The van der Waals surface area contributed by atoms with E-state index >= 15 is 0 Å². The van der Waals surface area contributed by atoms with Gasteiger partial charge in [0.05, 0.1) is 4.92 Å². The smallest absolute Gasteiger partial charge is 0.258 e. The van der Waals surface area contributed by atoms with Gasteiger partial charge in [0, 0.05) is 16.3 Å². The van der Waals surface area contributed by atoms with Crippen LogP contribution in [-0.2, 0) is 0 Å². The van der Waals surface area contributed by atoms with Crippen molar-refractivity contribution in [2.24, 2.45) is 0 Å². The van der Waals surface area contributed by atoms with Gasteiger partial charge in [-0.05, 0) is 28.3 Å². The summed E-state index contributed by atoms with van der Waals surface area (Å²) in [5.74, 6) is 0. The van der Waals surface area contributed by atoms with Crippen LogP contribution in [0.5, 0.6) is 0 Å². The molecule has 0 N–H and O–H groups in total. The fourth-order valence-corrected chi connectivity index (χ4v) is 4.34. The first-order valence-electron chi connectivity index (χ1n) is 4.32. The first-order valence-corrected chi connectivity index (χ1v) is 6.47. The second-order valence-corrected chi connectivity index (χ2v) is 5.37. The third-order valence-electron chi connectivity index (χ3n) is 2.35. The van der Waals surface area contributed by atoms with E-state index in [1.165, 1.54) is 10.8 Å². The molecule has 0 unspecified atom stereocenters. The molecule has 0 aliphatic carbocycles. The largest absolute Gasteiger partial charge is 0.284 e. The SMILES string of the molecule is O=[N+]([O-])c1ccc2cccc3c2c1SS3. The van der Waals surface area contributed by atoms with Crippen molar-refractivity contribution in [3.8, 4) is 0 Å². The van der Waals surface area contributed by atoms with Crippen LogP contribution in [0.15, 0.2) is 40.1 Å². The van der Waals surface area contributed by atoms with Crippen molar-refractivity contribution in [1.29, 1.82) is 0 Å². The van der Waals surface area contributed by atoms with E-state index in [0.717, 1.165) is 20.6 Å². The van der Waals surface area contributed by atoms with Crippen LogP contribution in [0.2, 0.25) is 0 Å². The van der Waals surface area contributed by atoms with E-state index in [9.17, 15) is 10.1 Å². The van der Waals surface area contributed by atoms with Gasteiger partial charge >= 0.3 is 0 Å². The summed E-state index contributed by atoms with van der Waals surface area (Å²) in [5.41, 5.74) is 0.213. The van der Waals surface area contributed by atoms with Crippen LogP contribution < -0.4 is 0 Å². The Kier molecular flexibility index (Phi) is 1.90. The maximum atomic E-state index is 10.8. The first-order chi connectivity index (χ1) is 7.27. The molecule has 2 aromatic carbocycles. The predicted octanol–water partition coefficient (Wildman–Crippen LogP) is 3.86. The minimum absolute atomic E-state index is 0.213. The molecular formula is C10H5NO2S2. The summed E-state index contributed by atoms with van der Waals surface area (Å²) >= 11 is 0. The summed E-state index contributed by atoms with van der Waals surface area (Å²) in [7, 11) is 3.07. The number of nitrogens with zero attached hydrogens (tertiary/aromatic N) is 1. The third kappa shape index (κ3) is 1.23. The molecule has 2 aromatic rings. The first kappa shape index (κ1) is 9.06. The molecule has 0 amide bonds. The van der Waals surface area contributed by atoms with Gasteiger partial charge in [-0.15, -0.1) is 0 Å². The van der Waals surface area contributed by atoms with Crippen LogP contribution in [0.3, 0.4) is 0 Å². The average molecular weight is 235 g/mol. The van der Waals surface area contributed by atoms with Gasteiger partial charge in [-0.2, -0.15) is 0 Å². The van der Waals surface area contributed by atoms with Gasteiger partial charge in [-0.1, -0.05) is 22.9 Å². The summed E-state index contributed by atoms with van der Waals surface area (Å²) < 4.78 is 0. The Labute approximate surface area is 93.4 Å². The standard InChI is InChI=1S/C10H5NO2S2/c12-11(13)7-5-4-6-2-1-3-8-9(6)10(7)15-14-8/h1-5H. The highest BCUT2D eigenvalue weighted by molar-refractivity contribution is 8.77. The fourth-order valence-electron chi connectivity index (χ4n) is 1.69. The Morgan fingerprint density at radius 3 is 2.80 bits per heavy atom. The van der Waals surface area contributed by atoms with Crippen LogP contribution >= 0.6 is 21.6 Å². The summed E-state index contributed by atoms with van der Waals surface area (Å²) in [5, 5.41) is 12.9. The van der Waals surface area contributed by atoms with Crippen LogP contribution in [-0.4, -0.2) is 4.92 Å². The van der Waals surface area contributed by atoms with E-state index in [-0.39, 0.29) is 10.6 Å². The third-order valence-corrected chi connectivity index (χ3v) is 4.82. The Hall–Kier alpha value is -1.20. The molecule has 0 saturated carbocycles. The van der Waals surface area contributed by atoms with Gasteiger partial charge in [0.1, 0.15) is 4.90 Å². The number of nitro benzene ring substituents is 1. The maximum absolute atomic E-state index is 10.8. The van der Waals surface area contributed by atoms with Gasteiger partial charge in [0.25, 0.3) is 5.69 Å². The normalized spacial score (nSPS) is 13.3. The molecule has 15 heavy (non-hydrogen) atoms. The van der Waals surface area contributed by atoms with Gasteiger partial charge in [0.15, 0.2) is 0 Å². The molecule has 0 spiro atoms. The van der Waals surface area contributed by atoms with Crippen LogP contribution in [0.4, 0.5) is 5.69 Å². The van der Waals surface area contributed by atoms with Gasteiger partial charge in [-0.3, -0.25) is 10.1 Å². The van der Waals surface area contributed by atoms with Crippen molar-refractivity contribution in [1.82, 2.24) is 0 Å². The topological polar surface area (TPSA) is 43.1 Å². The van der Waals surface area contributed by atoms with E-state index in [1.807, 2.05) is 24.3 Å². The van der Waals surface area contributed by atoms with E-state index in [0.29, 0.717) is 0 Å². The number of hydrogen-bond acceptors (Lipinski definition) is 4. The molecule has 74 valence electrons. The molecule has 3 nitrogen and oxygen atoms in total. The number of benzene rings is 2. The number of rotatable bonds is 1. The zero-order valence-electron chi connectivity index (χ0n) is 7.47. The van der Waals surface area contributed by atoms with Crippen molar-refractivity contribution < 1.29 is 4.92 Å². The maximum Gasteiger partial charge on any atom is 0.284 e. The minimum Gasteiger partial charge on any atom is -0.258 e. The Morgan fingerprint density at radius 2 is 2.00 bits per heavy atom. The van der Waals surface area contributed by atoms with Crippen molar-refractivity contribution in [3.05, 3.63) is 40.4 Å². The highest BCUT2D eigenvalue weighted by atomic mass is 33.1. The second-order valence-electron chi connectivity index (χ2n) is 3.19. The Balaban J connectivity index is 2.45. The lowest BCUT2D eigenvalue weighted by Crippen LogP contribution is -1.89. The molecule has 0 saturated heterocycles. The molecule has 5 heteroatoms. The molecular weight excluding hydrogens is 230 g/mol. The zero-order chi connectivity index (χ0) is 10.4. The molecule has 0 bridgehead atoms. The lowest BCUT2D eigenvalue weighted by Gasteiger charge is -1.99. The Bertz CT molecular complexity index is 583. The van der Waals surface area contributed by atoms with Gasteiger partial charge < -0.3 is 0 Å². The van der Waals surface area contributed by atoms with E-state index in [2.05, 4.69) is 0 Å². The highest BCUT2D eigenvalue weighted by Crippen LogP contribution is 2.54. The monoisotopic (exact) mass is 235 g/mol. The van der Waals surface area contributed by atoms with Gasteiger partial charge in [-0.25, -0.2) is 0 Å². The van der Waals surface area contributed by atoms with Crippen LogP contribution in [0, 0.1) is 10.1 Å². The fraction of sp³-hybridized carbons (Fsp3) is 0. The minimum atomic E-state index is -0.315. The van der Waals surface area contributed by atoms with Crippen LogP contribution in [0.1, 0.15) is 0 Å². The summed E-state index contributed by atoms with van der Waals surface area (Å²) in [6, 6.07) is 9.36. The van der Waals surface area contributed by atoms with Crippen molar-refractivity contribution in [3.63, 3.8) is 0 Å². The summed E-state index contributed by atoms with van der Waals surface area (Å²) in [6.07, 6.45) is 0. The molecule has 0 atom stereocenters. The number of nitro groups is 1. The highest BCUT2D eigenvalue weighted by Gasteiger charge is 2.24. The molecule has 0 fully saturated rings. The Morgan fingerprint density at radius 1 is 1.13 bits per heavy atom. The quantitative estimate of drug-likeness (QED) is 0.427. The molecule has 1 aliphatic heterocycles. The summed E-state index contributed by atoms with van der Waals surface area (Å²) in [4.78, 5) is 12.4. The van der Waals surface area contributed by atoms with E-state index < -0.39 is 0 Å². The lowest BCUT2D eigenvalue weighted by atomic mass is 10.1. The van der Waals surface area contributed by atoms with E-state index in [4.69, 9.17) is 0 Å². The van der Waals surface area contributed by atoms with Crippen molar-refractivity contribution >= 4 is 38.0 Å². The average Bonchev–Trinajstić information content (AvgIpc) is 2.65. The van der Waals surface area contributed by atoms with E-state index in [1.54, 1.807) is 16.9 Å². The molecule has 0 aromatic heterocycles. The summed E-state index contributed by atoms with van der Waals surface area (Å²) in [6.45, 7) is 0. The molecule has 0 radical (unpaired) electrons.